The van der Waals surface area contributed by atoms with Crippen LogP contribution < -0.4 is 11.1 Å². The van der Waals surface area contributed by atoms with Crippen molar-refractivity contribution < 1.29 is 9.53 Å². The maximum Gasteiger partial charge on any atom is 0.237 e. The van der Waals surface area contributed by atoms with E-state index in [1.807, 2.05) is 0 Å². The van der Waals surface area contributed by atoms with Crippen molar-refractivity contribution in [1.82, 2.24) is 5.32 Å². The average molecular weight is 228 g/mol. The fourth-order valence-electron chi connectivity index (χ4n) is 1.09. The van der Waals surface area contributed by atoms with Gasteiger partial charge in [0.1, 0.15) is 0 Å². The molecule has 94 valence electrons. The molecule has 4 heteroatoms. The lowest BCUT2D eigenvalue weighted by Gasteiger charge is -2.10. The van der Waals surface area contributed by atoms with Crippen LogP contribution in [0.15, 0.2) is 12.7 Å². The van der Waals surface area contributed by atoms with E-state index < -0.39 is 6.04 Å². The monoisotopic (exact) mass is 228 g/mol. The molecule has 0 bridgehead atoms. The van der Waals surface area contributed by atoms with E-state index >= 15 is 0 Å². The summed E-state index contributed by atoms with van der Waals surface area (Å²) >= 11 is 0. The van der Waals surface area contributed by atoms with Gasteiger partial charge in [-0.05, 0) is 18.8 Å². The van der Waals surface area contributed by atoms with Crippen LogP contribution in [-0.2, 0) is 9.53 Å². The molecule has 1 unspecified atom stereocenters. The van der Waals surface area contributed by atoms with Gasteiger partial charge in [-0.15, -0.1) is 6.58 Å². The van der Waals surface area contributed by atoms with Crippen molar-refractivity contribution in [3.05, 3.63) is 12.7 Å². The van der Waals surface area contributed by atoms with E-state index in [1.54, 1.807) is 6.08 Å². The normalized spacial score (nSPS) is 12.5. The second-order valence-electron chi connectivity index (χ2n) is 4.22. The van der Waals surface area contributed by atoms with Gasteiger partial charge in [0.05, 0.1) is 12.6 Å². The molecule has 0 aliphatic rings. The smallest absolute Gasteiger partial charge is 0.237 e. The molecule has 0 aliphatic carbocycles. The summed E-state index contributed by atoms with van der Waals surface area (Å²) in [7, 11) is 0. The zero-order chi connectivity index (χ0) is 12.4. The van der Waals surface area contributed by atoms with Gasteiger partial charge in [0.25, 0.3) is 0 Å². The van der Waals surface area contributed by atoms with Gasteiger partial charge >= 0.3 is 0 Å². The SMILES string of the molecule is C=CCC(N)C(=O)NCCOCCC(C)C. The molecule has 1 atom stereocenters. The van der Waals surface area contributed by atoms with E-state index in [0.29, 0.717) is 25.5 Å². The summed E-state index contributed by atoms with van der Waals surface area (Å²) in [5.41, 5.74) is 5.58. The molecular formula is C12H24N2O2. The second-order valence-corrected chi connectivity index (χ2v) is 4.22. The zero-order valence-corrected chi connectivity index (χ0v) is 10.4. The highest BCUT2D eigenvalue weighted by Crippen LogP contribution is 1.98. The van der Waals surface area contributed by atoms with Crippen LogP contribution in [0.25, 0.3) is 0 Å². The van der Waals surface area contributed by atoms with Gasteiger partial charge in [0.15, 0.2) is 0 Å². The topological polar surface area (TPSA) is 64.4 Å². The Kier molecular flexibility index (Phi) is 8.85. The number of carbonyl (C=O) groups is 1. The average Bonchev–Trinajstić information content (AvgIpc) is 2.22. The van der Waals surface area contributed by atoms with Gasteiger partial charge in [-0.25, -0.2) is 0 Å². The Bertz CT molecular complexity index is 205. The highest BCUT2D eigenvalue weighted by Gasteiger charge is 2.09. The molecule has 0 heterocycles. The fourth-order valence-corrected chi connectivity index (χ4v) is 1.09. The van der Waals surface area contributed by atoms with E-state index in [-0.39, 0.29) is 5.91 Å². The van der Waals surface area contributed by atoms with Crippen molar-refractivity contribution in [3.8, 4) is 0 Å². The first-order chi connectivity index (χ1) is 7.57. The minimum Gasteiger partial charge on any atom is -0.380 e. The van der Waals surface area contributed by atoms with E-state index in [2.05, 4.69) is 25.7 Å². The van der Waals surface area contributed by atoms with E-state index in [1.165, 1.54) is 0 Å². The first kappa shape index (κ1) is 15.1. The first-order valence-corrected chi connectivity index (χ1v) is 5.79. The van der Waals surface area contributed by atoms with Gasteiger partial charge < -0.3 is 15.8 Å². The van der Waals surface area contributed by atoms with Gasteiger partial charge in [-0.3, -0.25) is 4.79 Å². The van der Waals surface area contributed by atoms with E-state index in [4.69, 9.17) is 10.5 Å². The predicted molar refractivity (Wildman–Crippen MR) is 66.1 cm³/mol. The number of nitrogens with two attached hydrogens (primary N) is 1. The van der Waals surface area contributed by atoms with Crippen LogP contribution in [0.4, 0.5) is 0 Å². The molecule has 0 aromatic rings. The molecular weight excluding hydrogens is 204 g/mol. The van der Waals surface area contributed by atoms with Crippen molar-refractivity contribution in [1.29, 1.82) is 0 Å². The lowest BCUT2D eigenvalue weighted by Crippen LogP contribution is -2.41. The van der Waals surface area contributed by atoms with Gasteiger partial charge in [-0.2, -0.15) is 0 Å². The standard InChI is InChI=1S/C12H24N2O2/c1-4-5-11(13)12(15)14-7-9-16-8-6-10(2)3/h4,10-11H,1,5-9,13H2,2-3H3,(H,14,15). The minimum absolute atomic E-state index is 0.146. The molecule has 0 aliphatic heterocycles. The Hall–Kier alpha value is -0.870. The summed E-state index contributed by atoms with van der Waals surface area (Å²) in [5, 5.41) is 2.72. The first-order valence-electron chi connectivity index (χ1n) is 5.79. The van der Waals surface area contributed by atoms with Crippen LogP contribution in [-0.4, -0.2) is 31.7 Å². The summed E-state index contributed by atoms with van der Waals surface area (Å²) in [5.74, 6) is 0.503. The van der Waals surface area contributed by atoms with Crippen LogP contribution in [0, 0.1) is 5.92 Å². The molecule has 0 saturated carbocycles. The van der Waals surface area contributed by atoms with Gasteiger partial charge in [0, 0.05) is 13.2 Å². The maximum absolute atomic E-state index is 11.3. The van der Waals surface area contributed by atoms with Crippen molar-refractivity contribution in [2.24, 2.45) is 11.7 Å². The Labute approximate surface area is 98.2 Å². The number of rotatable bonds is 9. The number of amides is 1. The third-order valence-electron chi connectivity index (χ3n) is 2.14. The van der Waals surface area contributed by atoms with E-state index in [9.17, 15) is 4.79 Å². The maximum atomic E-state index is 11.3. The van der Waals surface area contributed by atoms with Crippen LogP contribution in [0.3, 0.4) is 0 Å². The molecule has 1 amide bonds. The summed E-state index contributed by atoms with van der Waals surface area (Å²) in [6.45, 7) is 9.64. The second kappa shape index (κ2) is 9.36. The Morgan fingerprint density at radius 3 is 2.75 bits per heavy atom. The predicted octanol–water partition coefficient (Wildman–Crippen LogP) is 1.07. The van der Waals surface area contributed by atoms with Crippen molar-refractivity contribution in [2.75, 3.05) is 19.8 Å². The highest BCUT2D eigenvalue weighted by atomic mass is 16.5. The van der Waals surface area contributed by atoms with E-state index in [0.717, 1.165) is 13.0 Å². The Morgan fingerprint density at radius 2 is 2.19 bits per heavy atom. The van der Waals surface area contributed by atoms with Crippen molar-refractivity contribution in [3.63, 3.8) is 0 Å². The van der Waals surface area contributed by atoms with Crippen molar-refractivity contribution >= 4 is 5.91 Å². The molecule has 0 fully saturated rings. The molecule has 0 radical (unpaired) electrons. The molecule has 3 N–H and O–H groups in total. The number of nitrogens with one attached hydrogen (secondary N) is 1. The summed E-state index contributed by atoms with van der Waals surface area (Å²) in [6.07, 6.45) is 3.19. The highest BCUT2D eigenvalue weighted by molar-refractivity contribution is 5.81. The Balaban J connectivity index is 3.37. The quantitative estimate of drug-likeness (QED) is 0.458. The van der Waals surface area contributed by atoms with Gasteiger partial charge in [0.2, 0.25) is 5.91 Å². The molecule has 16 heavy (non-hydrogen) atoms. The summed E-state index contributed by atoms with van der Waals surface area (Å²) < 4.78 is 5.36. The lowest BCUT2D eigenvalue weighted by molar-refractivity contribution is -0.122. The molecule has 0 aromatic carbocycles. The molecule has 0 saturated heterocycles. The number of carbonyl (C=O) groups excluding carboxylic acids is 1. The third-order valence-corrected chi connectivity index (χ3v) is 2.14. The number of ether oxygens (including phenoxy) is 1. The number of hydrogen-bond donors (Lipinski definition) is 2. The van der Waals surface area contributed by atoms with Crippen LogP contribution in [0.1, 0.15) is 26.7 Å². The largest absolute Gasteiger partial charge is 0.380 e. The summed E-state index contributed by atoms with van der Waals surface area (Å²) in [4.78, 5) is 11.3. The van der Waals surface area contributed by atoms with Gasteiger partial charge in [-0.1, -0.05) is 19.9 Å². The third kappa shape index (κ3) is 8.44. The molecule has 0 spiro atoms. The number of hydrogen-bond acceptors (Lipinski definition) is 3. The van der Waals surface area contributed by atoms with Crippen molar-refractivity contribution in [2.45, 2.75) is 32.7 Å². The molecule has 0 aromatic heterocycles. The lowest BCUT2D eigenvalue weighted by atomic mass is 10.1. The van der Waals surface area contributed by atoms with Crippen LogP contribution in [0.5, 0.6) is 0 Å². The fraction of sp³-hybridized carbons (Fsp3) is 0.750. The van der Waals surface area contributed by atoms with Crippen LogP contribution >= 0.6 is 0 Å². The minimum atomic E-state index is -0.492. The Morgan fingerprint density at radius 1 is 1.50 bits per heavy atom. The van der Waals surface area contributed by atoms with Crippen LogP contribution in [0.2, 0.25) is 0 Å². The molecule has 0 rings (SSSR count). The molecule has 4 nitrogen and oxygen atoms in total. The zero-order valence-electron chi connectivity index (χ0n) is 10.4. The summed E-state index contributed by atoms with van der Waals surface area (Å²) in [6, 6.07) is -0.492.